The summed E-state index contributed by atoms with van der Waals surface area (Å²) in [5.74, 6) is 0. The van der Waals surface area contributed by atoms with Crippen LogP contribution in [0.2, 0.25) is 0 Å². The molecule has 4 heavy (non-hydrogen) atoms. The largest absolute Gasteiger partial charge is 4.00 e. The van der Waals surface area contributed by atoms with Gasteiger partial charge in [-0.3, -0.25) is 0 Å². The van der Waals surface area contributed by atoms with E-state index >= 15 is 0 Å². The third-order valence-corrected chi connectivity index (χ3v) is 0. The summed E-state index contributed by atoms with van der Waals surface area (Å²) in [6.45, 7) is 0. The Kier molecular flexibility index (Phi) is 346. The molecule has 0 aliphatic carbocycles. The Bertz CT molecular complexity index is 6.00. The van der Waals surface area contributed by atoms with Gasteiger partial charge in [0.05, 0.1) is 0 Å². The molecule has 16 valence electrons. The Morgan fingerprint density at radius 1 is 1.00 bits per heavy atom. The maximum atomic E-state index is 0. The Balaban J connectivity index is 0. The van der Waals surface area contributed by atoms with Gasteiger partial charge in [0.1, 0.15) is 0 Å². The van der Waals surface area contributed by atoms with E-state index in [1.54, 1.807) is 0 Å². The second-order valence-electron chi connectivity index (χ2n) is 0. The van der Waals surface area contributed by atoms with Crippen LogP contribution in [-0.4, -0.2) is 5.48 Å². The van der Waals surface area contributed by atoms with Crippen LogP contribution in [0.3, 0.4) is 0 Å². The fourth-order valence-corrected chi connectivity index (χ4v) is 0. The molecule has 0 saturated heterocycles. The maximum absolute atomic E-state index is 0. The Morgan fingerprint density at radius 2 is 1.00 bits per heavy atom. The minimum atomic E-state index is 0. The number of hydrogen-bond donors (Lipinski definition) is 0. The van der Waals surface area contributed by atoms with Crippen molar-refractivity contribution in [1.29, 1.82) is 0 Å². The van der Waals surface area contributed by atoms with E-state index in [0.29, 0.717) is 0 Å². The van der Waals surface area contributed by atoms with Gasteiger partial charge in [-0.25, -0.2) is 0 Å². The molecule has 0 bridgehead atoms. The summed E-state index contributed by atoms with van der Waals surface area (Å²) in [6.07, 6.45) is 0. The molecule has 0 rings (SSSR count). The van der Waals surface area contributed by atoms with Gasteiger partial charge in [-0.1, -0.05) is 0 Å². The second kappa shape index (κ2) is 25.9. The van der Waals surface area contributed by atoms with Crippen LogP contribution in [0.5, 0.6) is 0 Å². The van der Waals surface area contributed by atoms with Crippen molar-refractivity contribution < 1.29 is 56.0 Å². The maximum Gasteiger partial charge on any atom is 4.00 e. The van der Waals surface area contributed by atoms with E-state index in [4.69, 9.17) is 0 Å². The first-order valence-corrected chi connectivity index (χ1v) is 0. The third kappa shape index (κ3) is 9.99. The van der Waals surface area contributed by atoms with Crippen LogP contribution in [-0.2, 0) is 31.7 Å². The molecule has 0 aromatic heterocycles. The fraction of sp³-hybridized carbons (Fsp3) is 0. The first-order valence-electron chi connectivity index (χ1n) is 0. The van der Waals surface area contributed by atoms with Gasteiger partial charge < -0.3 is 11.0 Å². The molecular formula is HLiO2Zr+2. The molecule has 1 N–H and O–H groups in total. The fourth-order valence-electron chi connectivity index (χ4n) is 0. The Hall–Kier alpha value is 1.40. The molecule has 0 atom stereocenters. The van der Waals surface area contributed by atoms with Gasteiger partial charge in [0.15, 0.2) is 0 Å². The standard InChI is InChI=1S/Li.H2O.O.Zr/h;1H2;;/q+1;;-2;+4/p-1. The quantitative estimate of drug-likeness (QED) is 0.318. The van der Waals surface area contributed by atoms with Crippen molar-refractivity contribution in [2.24, 2.45) is 0 Å². The molecule has 0 aromatic carbocycles. The first-order chi connectivity index (χ1) is 0. The van der Waals surface area contributed by atoms with Gasteiger partial charge >= 0.3 is 45.1 Å². The molecular weight excluding hydrogens is 130 g/mol. The van der Waals surface area contributed by atoms with Crippen LogP contribution in [0.25, 0.3) is 0 Å². The van der Waals surface area contributed by atoms with E-state index in [1.807, 2.05) is 0 Å². The summed E-state index contributed by atoms with van der Waals surface area (Å²) < 4.78 is 0. The minimum Gasteiger partial charge on any atom is -2.00 e. The molecule has 0 unspecified atom stereocenters. The molecule has 0 spiro atoms. The first kappa shape index (κ1) is 53.3. The predicted molar refractivity (Wildman–Crippen MR) is 2.62 cm³/mol. The molecule has 0 radical (unpaired) electrons. The van der Waals surface area contributed by atoms with E-state index in [2.05, 4.69) is 0 Å². The van der Waals surface area contributed by atoms with Crippen molar-refractivity contribution in [1.82, 2.24) is 0 Å². The van der Waals surface area contributed by atoms with Crippen LogP contribution >= 0.6 is 0 Å². The van der Waals surface area contributed by atoms with Crippen molar-refractivity contribution in [3.63, 3.8) is 0 Å². The molecule has 0 amide bonds. The summed E-state index contributed by atoms with van der Waals surface area (Å²) in [6, 6.07) is 0. The normalized spacial score (nSPS) is 0. The van der Waals surface area contributed by atoms with Gasteiger partial charge in [0.2, 0.25) is 0 Å². The SMILES string of the molecule is [Li+].[O-2].[OH-].[Zr+4]. The van der Waals surface area contributed by atoms with Gasteiger partial charge in [-0.05, 0) is 0 Å². The average molecular weight is 131 g/mol. The van der Waals surface area contributed by atoms with E-state index < -0.39 is 0 Å². The van der Waals surface area contributed by atoms with Gasteiger partial charge in [0.25, 0.3) is 0 Å². The predicted octanol–water partition coefficient (Wildman–Crippen LogP) is -3.29. The molecule has 4 heteroatoms. The van der Waals surface area contributed by atoms with E-state index in [9.17, 15) is 0 Å². The monoisotopic (exact) mass is 130 g/mol. The Morgan fingerprint density at radius 3 is 1.00 bits per heavy atom. The van der Waals surface area contributed by atoms with Gasteiger partial charge in [0, 0.05) is 0 Å². The zero-order valence-corrected chi connectivity index (χ0v) is 4.81. The van der Waals surface area contributed by atoms with E-state index in [-0.39, 0.29) is 56.0 Å². The van der Waals surface area contributed by atoms with Crippen molar-refractivity contribution >= 4 is 0 Å². The van der Waals surface area contributed by atoms with Crippen molar-refractivity contribution in [3.05, 3.63) is 0 Å². The molecule has 0 aromatic rings. The topological polar surface area (TPSA) is 58.5 Å². The minimum absolute atomic E-state index is 0. The third-order valence-electron chi connectivity index (χ3n) is 0. The Labute approximate surface area is 55.9 Å². The van der Waals surface area contributed by atoms with Crippen LogP contribution in [0.4, 0.5) is 0 Å². The number of rotatable bonds is 0. The zero-order valence-electron chi connectivity index (χ0n) is 2.36. The average Bonchev–Trinajstić information content (AvgIpc) is 0. The second-order valence-corrected chi connectivity index (χ2v) is 0. The van der Waals surface area contributed by atoms with E-state index in [1.165, 1.54) is 0 Å². The number of hydrogen-bond acceptors (Lipinski definition) is 1. The van der Waals surface area contributed by atoms with Crippen molar-refractivity contribution in [3.8, 4) is 0 Å². The summed E-state index contributed by atoms with van der Waals surface area (Å²) in [5, 5.41) is 0. The molecule has 2 nitrogen and oxygen atoms in total. The van der Waals surface area contributed by atoms with Gasteiger partial charge in [-0.15, -0.1) is 0 Å². The summed E-state index contributed by atoms with van der Waals surface area (Å²) in [7, 11) is 0. The molecule has 0 saturated carbocycles. The van der Waals surface area contributed by atoms with Crippen LogP contribution in [0.15, 0.2) is 0 Å². The zero-order chi connectivity index (χ0) is 0. The van der Waals surface area contributed by atoms with Crippen molar-refractivity contribution in [2.75, 3.05) is 0 Å². The molecule has 0 aliphatic heterocycles. The van der Waals surface area contributed by atoms with Crippen LogP contribution in [0, 0.1) is 0 Å². The van der Waals surface area contributed by atoms with Crippen LogP contribution in [0.1, 0.15) is 0 Å². The molecule has 0 heterocycles. The summed E-state index contributed by atoms with van der Waals surface area (Å²) >= 11 is 0. The molecule has 0 aliphatic rings. The van der Waals surface area contributed by atoms with Crippen molar-refractivity contribution in [2.45, 2.75) is 0 Å². The van der Waals surface area contributed by atoms with E-state index in [0.717, 1.165) is 0 Å². The molecule has 0 fully saturated rings. The summed E-state index contributed by atoms with van der Waals surface area (Å²) in [4.78, 5) is 0. The smallest absolute Gasteiger partial charge is 2.00 e. The van der Waals surface area contributed by atoms with Gasteiger partial charge in [-0.2, -0.15) is 0 Å². The summed E-state index contributed by atoms with van der Waals surface area (Å²) in [5.41, 5.74) is 0. The van der Waals surface area contributed by atoms with Crippen LogP contribution < -0.4 is 18.9 Å².